The summed E-state index contributed by atoms with van der Waals surface area (Å²) in [5.41, 5.74) is 5.31. The molecule has 3 aromatic carbocycles. The number of nitrogens with zero attached hydrogens (tertiary/aromatic N) is 2. The minimum atomic E-state index is -0.412. The van der Waals surface area contributed by atoms with Gasteiger partial charge in [0.05, 0.1) is 21.2 Å². The van der Waals surface area contributed by atoms with Gasteiger partial charge in [-0.05, 0) is 35.4 Å². The standard InChI is InChI=1S/C26H17N3O3S2/c30-25-23(34-26(33)27-25)16-19-15-22(17-7-3-1-4-8-17)28(24(19)18-9-5-2-6-10-18)20-11-13-21(14-12-20)29(31)32/h1-16H,(H,27,30,33). The van der Waals surface area contributed by atoms with Gasteiger partial charge in [0.25, 0.3) is 11.6 Å². The predicted molar refractivity (Wildman–Crippen MR) is 140 cm³/mol. The molecule has 1 aliphatic heterocycles. The predicted octanol–water partition coefficient (Wildman–Crippen LogP) is 6.21. The van der Waals surface area contributed by atoms with Crippen molar-refractivity contribution in [2.75, 3.05) is 0 Å². The number of benzene rings is 3. The van der Waals surface area contributed by atoms with Gasteiger partial charge in [-0.1, -0.05) is 84.6 Å². The summed E-state index contributed by atoms with van der Waals surface area (Å²) in [4.78, 5) is 23.7. The number of carbonyl (C=O) groups is 1. The van der Waals surface area contributed by atoms with Gasteiger partial charge in [-0.2, -0.15) is 0 Å². The Hall–Kier alpha value is -4.01. The van der Waals surface area contributed by atoms with Gasteiger partial charge < -0.3 is 9.88 Å². The van der Waals surface area contributed by atoms with Gasteiger partial charge in [-0.3, -0.25) is 14.9 Å². The van der Waals surface area contributed by atoms with Crippen LogP contribution in [0.25, 0.3) is 34.3 Å². The average Bonchev–Trinajstić information content (AvgIpc) is 3.39. The molecule has 166 valence electrons. The lowest BCUT2D eigenvalue weighted by Gasteiger charge is -2.15. The zero-order valence-electron chi connectivity index (χ0n) is 17.7. The number of thioether (sulfide) groups is 1. The molecule has 1 saturated heterocycles. The number of nitro benzene ring substituents is 1. The molecular weight excluding hydrogens is 466 g/mol. The molecule has 34 heavy (non-hydrogen) atoms. The topological polar surface area (TPSA) is 77.2 Å². The molecule has 0 unspecified atom stereocenters. The van der Waals surface area contributed by atoms with Crippen LogP contribution in [0.15, 0.2) is 95.9 Å². The number of aromatic nitrogens is 1. The van der Waals surface area contributed by atoms with Crippen molar-refractivity contribution in [3.05, 3.63) is 112 Å². The Morgan fingerprint density at radius 3 is 2.09 bits per heavy atom. The van der Waals surface area contributed by atoms with E-state index in [4.69, 9.17) is 12.2 Å². The van der Waals surface area contributed by atoms with Crippen molar-refractivity contribution in [3.8, 4) is 28.2 Å². The Labute approximate surface area is 205 Å². The van der Waals surface area contributed by atoms with Crippen molar-refractivity contribution in [2.24, 2.45) is 0 Å². The third kappa shape index (κ3) is 4.16. The first kappa shape index (κ1) is 21.8. The van der Waals surface area contributed by atoms with Crippen LogP contribution in [-0.4, -0.2) is 19.7 Å². The van der Waals surface area contributed by atoms with E-state index in [0.717, 1.165) is 33.8 Å². The van der Waals surface area contributed by atoms with Crippen molar-refractivity contribution in [3.63, 3.8) is 0 Å². The lowest BCUT2D eigenvalue weighted by molar-refractivity contribution is -0.384. The Morgan fingerprint density at radius 1 is 0.912 bits per heavy atom. The third-order valence-corrected chi connectivity index (χ3v) is 6.56. The van der Waals surface area contributed by atoms with E-state index in [1.165, 1.54) is 23.9 Å². The molecule has 6 nitrogen and oxygen atoms in total. The Kier molecular flexibility index (Phi) is 5.83. The normalized spacial score (nSPS) is 14.4. The van der Waals surface area contributed by atoms with Gasteiger partial charge in [0.2, 0.25) is 0 Å². The number of non-ortho nitro benzene ring substituents is 1. The minimum absolute atomic E-state index is 0.0216. The quantitative estimate of drug-likeness (QED) is 0.158. The highest BCUT2D eigenvalue weighted by Gasteiger charge is 2.25. The fraction of sp³-hybridized carbons (Fsp3) is 0. The van der Waals surface area contributed by atoms with Crippen LogP contribution in [0.4, 0.5) is 5.69 Å². The zero-order valence-corrected chi connectivity index (χ0v) is 19.3. The number of thiocarbonyl (C=S) groups is 1. The lowest BCUT2D eigenvalue weighted by atomic mass is 10.1. The first-order valence-corrected chi connectivity index (χ1v) is 11.6. The number of nitrogens with one attached hydrogen (secondary N) is 1. The highest BCUT2D eigenvalue weighted by atomic mass is 32.2. The van der Waals surface area contributed by atoms with Crippen LogP contribution >= 0.6 is 24.0 Å². The van der Waals surface area contributed by atoms with Gasteiger partial charge in [-0.25, -0.2) is 0 Å². The molecule has 1 N–H and O–H groups in total. The molecular formula is C26H17N3O3S2. The second kappa shape index (κ2) is 9.09. The Bertz CT molecular complexity index is 1440. The molecule has 1 aliphatic rings. The van der Waals surface area contributed by atoms with Crippen LogP contribution in [0.5, 0.6) is 0 Å². The van der Waals surface area contributed by atoms with Gasteiger partial charge in [0, 0.05) is 23.4 Å². The highest BCUT2D eigenvalue weighted by Crippen LogP contribution is 2.39. The summed E-state index contributed by atoms with van der Waals surface area (Å²) < 4.78 is 2.49. The summed E-state index contributed by atoms with van der Waals surface area (Å²) >= 11 is 6.39. The maximum atomic E-state index is 12.4. The number of carbonyl (C=O) groups excluding carboxylic acids is 1. The van der Waals surface area contributed by atoms with E-state index in [2.05, 4.69) is 9.88 Å². The molecule has 0 spiro atoms. The second-order valence-electron chi connectivity index (χ2n) is 7.53. The van der Waals surface area contributed by atoms with Crippen LogP contribution in [0.3, 0.4) is 0 Å². The number of hydrogen-bond acceptors (Lipinski definition) is 5. The molecule has 1 amide bonds. The molecule has 8 heteroatoms. The van der Waals surface area contributed by atoms with Crippen LogP contribution in [-0.2, 0) is 4.79 Å². The molecule has 0 saturated carbocycles. The fourth-order valence-corrected chi connectivity index (χ4v) is 4.94. The van der Waals surface area contributed by atoms with Crippen LogP contribution in [0.2, 0.25) is 0 Å². The maximum Gasteiger partial charge on any atom is 0.269 e. The number of rotatable bonds is 5. The van der Waals surface area contributed by atoms with Crippen molar-refractivity contribution in [1.29, 1.82) is 0 Å². The maximum absolute atomic E-state index is 12.4. The second-order valence-corrected chi connectivity index (χ2v) is 9.25. The summed E-state index contributed by atoms with van der Waals surface area (Å²) in [6.45, 7) is 0. The van der Waals surface area contributed by atoms with Gasteiger partial charge in [0.1, 0.15) is 4.32 Å². The van der Waals surface area contributed by atoms with Crippen molar-refractivity contribution < 1.29 is 9.72 Å². The minimum Gasteiger partial charge on any atom is -0.309 e. The number of amides is 1. The molecule has 2 heterocycles. The molecule has 4 aromatic rings. The molecule has 1 fully saturated rings. The summed E-state index contributed by atoms with van der Waals surface area (Å²) in [5.74, 6) is -0.224. The fourth-order valence-electron chi connectivity index (χ4n) is 3.91. The summed E-state index contributed by atoms with van der Waals surface area (Å²) in [6.07, 6.45) is 1.84. The largest absolute Gasteiger partial charge is 0.309 e. The average molecular weight is 484 g/mol. The van der Waals surface area contributed by atoms with Crippen molar-refractivity contribution in [1.82, 2.24) is 9.88 Å². The van der Waals surface area contributed by atoms with Crippen LogP contribution in [0, 0.1) is 10.1 Å². The summed E-state index contributed by atoms with van der Waals surface area (Å²) in [7, 11) is 0. The smallest absolute Gasteiger partial charge is 0.269 e. The molecule has 0 aliphatic carbocycles. The Morgan fingerprint density at radius 2 is 1.53 bits per heavy atom. The zero-order chi connectivity index (χ0) is 23.7. The molecule has 5 rings (SSSR count). The lowest BCUT2D eigenvalue weighted by Crippen LogP contribution is -2.17. The summed E-state index contributed by atoms with van der Waals surface area (Å²) in [5, 5.41) is 13.9. The van der Waals surface area contributed by atoms with E-state index in [1.54, 1.807) is 12.1 Å². The first-order chi connectivity index (χ1) is 16.5. The van der Waals surface area contributed by atoms with E-state index in [9.17, 15) is 14.9 Å². The van der Waals surface area contributed by atoms with Gasteiger partial charge in [-0.15, -0.1) is 0 Å². The monoisotopic (exact) mass is 483 g/mol. The van der Waals surface area contributed by atoms with E-state index in [1.807, 2.05) is 72.8 Å². The van der Waals surface area contributed by atoms with Crippen molar-refractivity contribution >= 4 is 46.0 Å². The van der Waals surface area contributed by atoms with Crippen molar-refractivity contribution in [2.45, 2.75) is 0 Å². The van der Waals surface area contributed by atoms with Gasteiger partial charge >= 0.3 is 0 Å². The van der Waals surface area contributed by atoms with Crippen LogP contribution in [0.1, 0.15) is 5.56 Å². The van der Waals surface area contributed by atoms with Crippen LogP contribution < -0.4 is 5.32 Å². The number of nitro groups is 1. The molecule has 0 atom stereocenters. The van der Waals surface area contributed by atoms with Gasteiger partial charge in [0.15, 0.2) is 0 Å². The SMILES string of the molecule is O=C1NC(=S)SC1=Cc1cc(-c2ccccc2)n(-c2ccc([N+](=O)[O-])cc2)c1-c1ccccc1. The Balaban J connectivity index is 1.81. The third-order valence-electron chi connectivity index (χ3n) is 5.39. The van der Waals surface area contributed by atoms with E-state index in [0.29, 0.717) is 9.23 Å². The van der Waals surface area contributed by atoms with E-state index < -0.39 is 4.92 Å². The van der Waals surface area contributed by atoms with E-state index in [-0.39, 0.29) is 11.6 Å². The molecule has 1 aromatic heterocycles. The van der Waals surface area contributed by atoms with E-state index >= 15 is 0 Å². The molecule has 0 radical (unpaired) electrons. The number of hydrogen-bond donors (Lipinski definition) is 1. The summed E-state index contributed by atoms with van der Waals surface area (Å²) in [6, 6.07) is 28.2. The highest BCUT2D eigenvalue weighted by molar-refractivity contribution is 8.26. The first-order valence-electron chi connectivity index (χ1n) is 10.4. The molecule has 0 bridgehead atoms.